The number of amides is 4. The summed E-state index contributed by atoms with van der Waals surface area (Å²) in [6.45, 7) is 8.24. The van der Waals surface area contributed by atoms with Crippen LogP contribution in [0.4, 0.5) is 5.82 Å². The van der Waals surface area contributed by atoms with Gasteiger partial charge in [-0.3, -0.25) is 19.2 Å². The van der Waals surface area contributed by atoms with E-state index in [1.165, 1.54) is 4.90 Å². The van der Waals surface area contributed by atoms with E-state index in [1.807, 2.05) is 87.8 Å². The number of β-amino-alcohol motifs (C(OH)–C–C–N with tert-alkyl or cyclic N) is 1. The number of phenolic OH excluding ortho intramolecular Hbond substituents is 1. The molecule has 3 aromatic carbocycles. The molecule has 0 bridgehead atoms. The van der Waals surface area contributed by atoms with Crippen molar-refractivity contribution in [3.05, 3.63) is 107 Å². The summed E-state index contributed by atoms with van der Waals surface area (Å²) >= 11 is 1.57. The van der Waals surface area contributed by atoms with E-state index in [4.69, 9.17) is 10.5 Å². The number of aromatic hydroxyl groups is 1. The van der Waals surface area contributed by atoms with Crippen LogP contribution in [0.5, 0.6) is 11.5 Å². The third-order valence-electron chi connectivity index (χ3n) is 11.2. The normalized spacial score (nSPS) is 15.9. The van der Waals surface area contributed by atoms with Gasteiger partial charge in [0.05, 0.1) is 28.8 Å². The SMILES string of the molecule is Cc1ncsc1-c1ccc(CNC(=O)[C@@H]2C[C@@H](O)CN2C(=O)[C@@H](NC(=O)CCCCCC(=O)NCC(COc2cc(-c3ccccc3O)nnc2N)c2ccccc2)C(C)(C)C)cc1. The number of aliphatic hydroxyl groups excluding tert-OH is 1. The average Bonchev–Trinajstić information content (AvgIpc) is 3.90. The first-order valence-corrected chi connectivity index (χ1v) is 22.5. The first-order chi connectivity index (χ1) is 30.7. The summed E-state index contributed by atoms with van der Waals surface area (Å²) in [5, 5.41) is 37.9. The van der Waals surface area contributed by atoms with Gasteiger partial charge in [-0.1, -0.05) is 93.9 Å². The Bertz CT molecular complexity index is 2370. The van der Waals surface area contributed by atoms with Crippen LogP contribution in [0.1, 0.15) is 82.0 Å². The van der Waals surface area contributed by atoms with Gasteiger partial charge in [0.1, 0.15) is 23.5 Å². The zero-order chi connectivity index (χ0) is 45.8. The Hall–Kier alpha value is -6.39. The topological polar surface area (TPSA) is 222 Å². The lowest BCUT2D eigenvalue weighted by Gasteiger charge is -2.35. The Labute approximate surface area is 377 Å². The van der Waals surface area contributed by atoms with E-state index in [-0.39, 0.29) is 74.2 Å². The Morgan fingerprint density at radius 2 is 1.62 bits per heavy atom. The van der Waals surface area contributed by atoms with Crippen molar-refractivity contribution in [2.24, 2.45) is 5.41 Å². The molecular formula is C48H58N8O7S. The highest BCUT2D eigenvalue weighted by Gasteiger charge is 2.44. The largest absolute Gasteiger partial charge is 0.507 e. The number of nitrogens with zero attached hydrogens (tertiary/aromatic N) is 4. The van der Waals surface area contributed by atoms with Crippen molar-refractivity contribution in [1.82, 2.24) is 36.0 Å². The number of nitrogens with one attached hydrogen (secondary N) is 3. The van der Waals surface area contributed by atoms with Crippen LogP contribution in [0, 0.1) is 12.3 Å². The molecule has 15 nitrogen and oxygen atoms in total. The van der Waals surface area contributed by atoms with Crippen molar-refractivity contribution in [3.8, 4) is 33.2 Å². The highest BCUT2D eigenvalue weighted by molar-refractivity contribution is 7.13. The van der Waals surface area contributed by atoms with Crippen LogP contribution in [0.2, 0.25) is 0 Å². The fourth-order valence-corrected chi connectivity index (χ4v) is 8.41. The number of likely N-dealkylation sites (tertiary alicyclic amines) is 1. The van der Waals surface area contributed by atoms with Crippen molar-refractivity contribution >= 4 is 40.8 Å². The van der Waals surface area contributed by atoms with Crippen LogP contribution >= 0.6 is 11.3 Å². The number of carbonyl (C=O) groups is 4. The second-order valence-electron chi connectivity index (χ2n) is 17.2. The van der Waals surface area contributed by atoms with Gasteiger partial charge in [0.15, 0.2) is 11.6 Å². The number of nitrogen functional groups attached to an aromatic ring is 1. The predicted molar refractivity (Wildman–Crippen MR) is 246 cm³/mol. The molecule has 64 heavy (non-hydrogen) atoms. The molecule has 4 atom stereocenters. The van der Waals surface area contributed by atoms with Crippen LogP contribution in [-0.4, -0.2) is 91.8 Å². The monoisotopic (exact) mass is 890 g/mol. The molecule has 16 heteroatoms. The minimum atomic E-state index is -0.929. The molecule has 1 saturated heterocycles. The van der Waals surface area contributed by atoms with Gasteiger partial charge in [-0.25, -0.2) is 4.98 Å². The summed E-state index contributed by atoms with van der Waals surface area (Å²) < 4.78 is 6.12. The van der Waals surface area contributed by atoms with Crippen LogP contribution in [0.3, 0.4) is 0 Å². The number of aryl methyl sites for hydroxylation is 1. The van der Waals surface area contributed by atoms with Crippen LogP contribution in [0.15, 0.2) is 90.4 Å². The zero-order valence-corrected chi connectivity index (χ0v) is 37.6. The highest BCUT2D eigenvalue weighted by atomic mass is 32.1. The quantitative estimate of drug-likeness (QED) is 0.0536. The smallest absolute Gasteiger partial charge is 0.246 e. The average molecular weight is 891 g/mol. The van der Waals surface area contributed by atoms with Crippen molar-refractivity contribution in [1.29, 1.82) is 0 Å². The number of ether oxygens (including phenoxy) is 1. The molecule has 1 fully saturated rings. The first kappa shape index (κ1) is 47.1. The number of rotatable bonds is 19. The number of para-hydroxylation sites is 1. The molecule has 1 aliphatic rings. The number of hydrogen-bond donors (Lipinski definition) is 6. The highest BCUT2D eigenvalue weighted by Crippen LogP contribution is 2.32. The summed E-state index contributed by atoms with van der Waals surface area (Å²) in [6, 6.07) is 24.1. The maximum Gasteiger partial charge on any atom is 0.246 e. The number of phenols is 1. The fourth-order valence-electron chi connectivity index (χ4n) is 7.60. The van der Waals surface area contributed by atoms with Crippen molar-refractivity contribution in [2.45, 2.75) is 96.9 Å². The van der Waals surface area contributed by atoms with E-state index < -0.39 is 29.5 Å². The van der Waals surface area contributed by atoms with E-state index in [9.17, 15) is 29.4 Å². The molecule has 6 rings (SSSR count). The lowest BCUT2D eigenvalue weighted by Crippen LogP contribution is -2.57. The lowest BCUT2D eigenvalue weighted by atomic mass is 9.85. The summed E-state index contributed by atoms with van der Waals surface area (Å²) in [4.78, 5) is 60.5. The standard InChI is InChI=1S/C48H58N8O7S/c1-30-43(64-29-52-30)33-21-19-31(20-22-33)25-51-46(61)38-23-35(57)27-56(38)47(62)44(48(2,3)4)53-42(60)18-10-6-9-17-41(59)50-26-34(32-13-7-5-8-14-32)28-63-40-24-37(54-55-45(40)49)36-15-11-12-16-39(36)58/h5,7-8,11-16,19-22,24,29,34-35,38,44,57-58H,6,9-10,17-18,23,25-28H2,1-4H3,(H2,49,55)(H,50,59)(H,51,61)(H,53,60)/t34?,35-,38+,44-/m1/s1. The van der Waals surface area contributed by atoms with E-state index in [2.05, 4.69) is 31.1 Å². The third kappa shape index (κ3) is 12.6. The van der Waals surface area contributed by atoms with E-state index in [1.54, 1.807) is 41.7 Å². The zero-order valence-electron chi connectivity index (χ0n) is 36.8. The van der Waals surface area contributed by atoms with Gasteiger partial charge in [-0.2, -0.15) is 0 Å². The number of hydrogen-bond acceptors (Lipinski definition) is 12. The number of nitrogens with two attached hydrogens (primary N) is 1. The molecule has 1 unspecified atom stereocenters. The van der Waals surface area contributed by atoms with Gasteiger partial charge in [0.2, 0.25) is 23.6 Å². The Kier molecular flexibility index (Phi) is 16.0. The molecule has 0 spiro atoms. The van der Waals surface area contributed by atoms with Gasteiger partial charge in [-0.15, -0.1) is 21.5 Å². The van der Waals surface area contributed by atoms with Gasteiger partial charge in [0.25, 0.3) is 0 Å². The molecule has 4 amide bonds. The molecule has 0 radical (unpaired) electrons. The van der Waals surface area contributed by atoms with Crippen LogP contribution in [-0.2, 0) is 25.7 Å². The molecule has 0 saturated carbocycles. The number of anilines is 1. The number of thiazole rings is 1. The van der Waals surface area contributed by atoms with Gasteiger partial charge in [0, 0.05) is 56.4 Å². The van der Waals surface area contributed by atoms with Gasteiger partial charge in [-0.05, 0) is 54.0 Å². The predicted octanol–water partition coefficient (Wildman–Crippen LogP) is 5.90. The molecule has 3 heterocycles. The van der Waals surface area contributed by atoms with Crippen molar-refractivity contribution < 1.29 is 34.1 Å². The second-order valence-corrected chi connectivity index (χ2v) is 18.1. The fraction of sp³-hybridized carbons (Fsp3) is 0.396. The minimum absolute atomic E-state index is 0.0119. The molecule has 338 valence electrons. The van der Waals surface area contributed by atoms with Crippen molar-refractivity contribution in [3.63, 3.8) is 0 Å². The summed E-state index contributed by atoms with van der Waals surface area (Å²) in [5.41, 5.74) is 12.0. The number of carbonyl (C=O) groups excluding carboxylic acids is 4. The summed E-state index contributed by atoms with van der Waals surface area (Å²) in [7, 11) is 0. The number of unbranched alkanes of at least 4 members (excludes halogenated alkanes) is 2. The van der Waals surface area contributed by atoms with E-state index in [0.29, 0.717) is 42.8 Å². The van der Waals surface area contributed by atoms with Crippen molar-refractivity contribution in [2.75, 3.05) is 25.4 Å². The van der Waals surface area contributed by atoms with E-state index in [0.717, 1.165) is 27.3 Å². The molecule has 5 aromatic rings. The summed E-state index contributed by atoms with van der Waals surface area (Å²) in [5.74, 6) is -0.993. The first-order valence-electron chi connectivity index (χ1n) is 21.6. The van der Waals surface area contributed by atoms with Gasteiger partial charge < -0.3 is 41.5 Å². The minimum Gasteiger partial charge on any atom is -0.507 e. The lowest BCUT2D eigenvalue weighted by molar-refractivity contribution is -0.144. The molecule has 0 aliphatic carbocycles. The molecular weight excluding hydrogens is 833 g/mol. The Morgan fingerprint density at radius 1 is 0.922 bits per heavy atom. The molecule has 2 aromatic heterocycles. The molecule has 7 N–H and O–H groups in total. The van der Waals surface area contributed by atoms with Crippen LogP contribution < -0.4 is 26.4 Å². The van der Waals surface area contributed by atoms with Gasteiger partial charge >= 0.3 is 0 Å². The third-order valence-corrected chi connectivity index (χ3v) is 12.2. The van der Waals surface area contributed by atoms with E-state index >= 15 is 0 Å². The number of aliphatic hydroxyl groups is 1. The summed E-state index contributed by atoms with van der Waals surface area (Å²) in [6.07, 6.45) is 1.32. The Balaban J connectivity index is 0.946. The second kappa shape index (κ2) is 21.8. The number of aromatic nitrogens is 3. The van der Waals surface area contributed by atoms with Crippen LogP contribution in [0.25, 0.3) is 21.7 Å². The maximum atomic E-state index is 14.0. The number of benzene rings is 3. The molecule has 1 aliphatic heterocycles. The Morgan fingerprint density at radius 3 is 2.31 bits per heavy atom. The maximum absolute atomic E-state index is 14.0.